The number of rotatable bonds is 5. The summed E-state index contributed by atoms with van der Waals surface area (Å²) in [7, 11) is 1.38. The average Bonchev–Trinajstić information content (AvgIpc) is 2.27. The van der Waals surface area contributed by atoms with Gasteiger partial charge in [0.2, 0.25) is 5.91 Å². The second-order valence-corrected chi connectivity index (χ2v) is 3.93. The van der Waals surface area contributed by atoms with Gasteiger partial charge in [0.05, 0.1) is 6.04 Å². The Morgan fingerprint density at radius 3 is 2.24 bits per heavy atom. The fourth-order valence-corrected chi connectivity index (χ4v) is 1.14. The molecule has 0 aromatic rings. The topological polar surface area (TPSA) is 108 Å². The van der Waals surface area contributed by atoms with Crippen molar-refractivity contribution in [2.75, 3.05) is 7.05 Å². The van der Waals surface area contributed by atoms with Crippen LogP contribution in [-0.2, 0) is 9.59 Å². The number of hydrogen-bond acceptors (Lipinski definition) is 4. The van der Waals surface area contributed by atoms with Crippen LogP contribution in [0.1, 0.15) is 27.2 Å². The minimum Gasteiger partial charge on any atom is -0.480 e. The number of carboxylic acid groups (broad SMARTS) is 1. The molecule has 0 rings (SSSR count). The van der Waals surface area contributed by atoms with Gasteiger partial charge in [-0.3, -0.25) is 20.2 Å². The van der Waals surface area contributed by atoms with Crippen molar-refractivity contribution in [2.24, 2.45) is 0 Å². The summed E-state index contributed by atoms with van der Waals surface area (Å²) in [5.41, 5.74) is -1.19. The first-order valence-corrected chi connectivity index (χ1v) is 5.30. The lowest BCUT2D eigenvalue weighted by atomic mass is 9.98. The molecule has 0 aliphatic rings. The summed E-state index contributed by atoms with van der Waals surface area (Å²) in [6.45, 7) is 4.68. The smallest absolute Gasteiger partial charge is 0.323 e. The Bertz CT molecular complexity index is 319. The van der Waals surface area contributed by atoms with E-state index in [2.05, 4.69) is 16.0 Å². The van der Waals surface area contributed by atoms with Gasteiger partial charge in [-0.25, -0.2) is 4.79 Å². The van der Waals surface area contributed by atoms with Crippen molar-refractivity contribution in [1.29, 1.82) is 0 Å². The third-order valence-corrected chi connectivity index (χ3v) is 2.57. The number of aliphatic carboxylic acids is 1. The Morgan fingerprint density at radius 2 is 1.88 bits per heavy atom. The fourth-order valence-electron chi connectivity index (χ4n) is 1.14. The summed E-state index contributed by atoms with van der Waals surface area (Å²) >= 11 is 0. The zero-order valence-electron chi connectivity index (χ0n) is 10.5. The molecule has 2 atom stereocenters. The minimum atomic E-state index is -1.19. The van der Waals surface area contributed by atoms with Gasteiger partial charge >= 0.3 is 12.0 Å². The van der Waals surface area contributed by atoms with Crippen LogP contribution in [0.5, 0.6) is 0 Å². The third-order valence-electron chi connectivity index (χ3n) is 2.57. The average molecular weight is 245 g/mol. The van der Waals surface area contributed by atoms with E-state index in [4.69, 9.17) is 5.11 Å². The van der Waals surface area contributed by atoms with Crippen LogP contribution >= 0.6 is 0 Å². The molecule has 0 heterocycles. The van der Waals surface area contributed by atoms with E-state index < -0.39 is 29.5 Å². The molecule has 7 heteroatoms. The van der Waals surface area contributed by atoms with Gasteiger partial charge in [-0.2, -0.15) is 0 Å². The van der Waals surface area contributed by atoms with Crippen molar-refractivity contribution in [3.05, 3.63) is 0 Å². The molecule has 0 spiro atoms. The largest absolute Gasteiger partial charge is 0.480 e. The normalized spacial score (nSPS) is 15.5. The Kier molecular flexibility index (Phi) is 5.60. The van der Waals surface area contributed by atoms with Crippen molar-refractivity contribution in [2.45, 2.75) is 38.8 Å². The zero-order chi connectivity index (χ0) is 13.6. The number of carbonyl (C=O) groups excluding carboxylic acids is 2. The maximum Gasteiger partial charge on any atom is 0.323 e. The van der Waals surface area contributed by atoms with Crippen LogP contribution in [0.4, 0.5) is 4.79 Å². The van der Waals surface area contributed by atoms with Gasteiger partial charge in [0.25, 0.3) is 0 Å². The summed E-state index contributed by atoms with van der Waals surface area (Å²) in [5, 5.41) is 16.0. The molecule has 0 aliphatic heterocycles. The Balaban J connectivity index is 4.52. The molecule has 4 N–H and O–H groups in total. The van der Waals surface area contributed by atoms with E-state index in [-0.39, 0.29) is 0 Å². The predicted molar refractivity (Wildman–Crippen MR) is 61.5 cm³/mol. The summed E-state index contributed by atoms with van der Waals surface area (Å²) in [5.74, 6) is -1.62. The van der Waals surface area contributed by atoms with E-state index >= 15 is 0 Å². The molecule has 0 saturated carbocycles. The number of nitrogens with one attached hydrogen (secondary N) is 3. The van der Waals surface area contributed by atoms with Crippen LogP contribution in [0, 0.1) is 0 Å². The van der Waals surface area contributed by atoms with E-state index in [1.54, 1.807) is 6.92 Å². The van der Waals surface area contributed by atoms with Crippen LogP contribution in [0.3, 0.4) is 0 Å². The monoisotopic (exact) mass is 245 g/mol. The molecule has 0 aromatic heterocycles. The first kappa shape index (κ1) is 15.4. The van der Waals surface area contributed by atoms with Crippen molar-refractivity contribution >= 4 is 17.9 Å². The molecular weight excluding hydrogens is 226 g/mol. The Labute approximate surface area is 100.0 Å². The van der Waals surface area contributed by atoms with Crippen LogP contribution in [-0.4, -0.2) is 41.6 Å². The molecule has 0 bridgehead atoms. The zero-order valence-corrected chi connectivity index (χ0v) is 10.5. The number of urea groups is 1. The SMILES string of the molecule is CCC(C)(NC(C)C(=O)NC(=O)NC)C(=O)O. The molecule has 0 aromatic carbocycles. The highest BCUT2D eigenvalue weighted by Crippen LogP contribution is 2.10. The molecule has 98 valence electrons. The van der Waals surface area contributed by atoms with Crippen LogP contribution in [0.2, 0.25) is 0 Å². The van der Waals surface area contributed by atoms with Crippen molar-refractivity contribution in [3.63, 3.8) is 0 Å². The highest BCUT2D eigenvalue weighted by Gasteiger charge is 2.34. The van der Waals surface area contributed by atoms with E-state index in [9.17, 15) is 14.4 Å². The molecule has 3 amide bonds. The molecule has 0 fully saturated rings. The highest BCUT2D eigenvalue weighted by molar-refractivity contribution is 5.97. The summed E-state index contributed by atoms with van der Waals surface area (Å²) in [6, 6.07) is -1.41. The van der Waals surface area contributed by atoms with Gasteiger partial charge in [0, 0.05) is 7.05 Å². The van der Waals surface area contributed by atoms with Crippen molar-refractivity contribution in [1.82, 2.24) is 16.0 Å². The number of imide groups is 1. The maximum absolute atomic E-state index is 11.5. The van der Waals surface area contributed by atoms with Gasteiger partial charge in [0.15, 0.2) is 0 Å². The van der Waals surface area contributed by atoms with Crippen LogP contribution in [0.15, 0.2) is 0 Å². The molecule has 0 saturated heterocycles. The summed E-state index contributed by atoms with van der Waals surface area (Å²) in [4.78, 5) is 33.4. The van der Waals surface area contributed by atoms with Gasteiger partial charge in [-0.15, -0.1) is 0 Å². The lowest BCUT2D eigenvalue weighted by Gasteiger charge is -2.28. The lowest BCUT2D eigenvalue weighted by Crippen LogP contribution is -2.57. The van der Waals surface area contributed by atoms with Crippen LogP contribution < -0.4 is 16.0 Å². The predicted octanol–water partition coefficient (Wildman–Crippen LogP) is -0.327. The first-order valence-electron chi connectivity index (χ1n) is 5.30. The minimum absolute atomic E-state index is 0.319. The molecule has 7 nitrogen and oxygen atoms in total. The maximum atomic E-state index is 11.5. The lowest BCUT2D eigenvalue weighted by molar-refractivity contribution is -0.144. The number of hydrogen-bond donors (Lipinski definition) is 4. The van der Waals surface area contributed by atoms with Crippen molar-refractivity contribution in [3.8, 4) is 0 Å². The number of amides is 3. The van der Waals surface area contributed by atoms with Crippen molar-refractivity contribution < 1.29 is 19.5 Å². The van der Waals surface area contributed by atoms with Gasteiger partial charge in [-0.05, 0) is 20.3 Å². The fraction of sp³-hybridized carbons (Fsp3) is 0.700. The molecule has 17 heavy (non-hydrogen) atoms. The molecule has 0 aliphatic carbocycles. The van der Waals surface area contributed by atoms with Gasteiger partial charge in [0.1, 0.15) is 5.54 Å². The highest BCUT2D eigenvalue weighted by atomic mass is 16.4. The van der Waals surface area contributed by atoms with E-state index in [1.807, 2.05) is 0 Å². The van der Waals surface area contributed by atoms with E-state index in [0.29, 0.717) is 6.42 Å². The number of carbonyl (C=O) groups is 3. The Hall–Kier alpha value is -1.63. The second kappa shape index (κ2) is 6.19. The quantitative estimate of drug-likeness (QED) is 0.530. The molecule has 0 radical (unpaired) electrons. The molecular formula is C10H19N3O4. The standard InChI is InChI=1S/C10H19N3O4/c1-5-10(3,8(15)16)13-6(2)7(14)12-9(17)11-4/h6,13H,5H2,1-4H3,(H,15,16)(H2,11,12,14,17). The summed E-state index contributed by atoms with van der Waals surface area (Å²) in [6.07, 6.45) is 0.319. The first-order chi connectivity index (χ1) is 7.76. The second-order valence-electron chi connectivity index (χ2n) is 3.93. The third kappa shape index (κ3) is 4.39. The number of carboxylic acids is 1. The Morgan fingerprint density at radius 1 is 1.35 bits per heavy atom. The van der Waals surface area contributed by atoms with Gasteiger partial charge < -0.3 is 10.4 Å². The molecule has 2 unspecified atom stereocenters. The van der Waals surface area contributed by atoms with Crippen LogP contribution in [0.25, 0.3) is 0 Å². The van der Waals surface area contributed by atoms with E-state index in [1.165, 1.54) is 20.9 Å². The van der Waals surface area contributed by atoms with E-state index in [0.717, 1.165) is 0 Å². The van der Waals surface area contributed by atoms with Gasteiger partial charge in [-0.1, -0.05) is 6.92 Å². The summed E-state index contributed by atoms with van der Waals surface area (Å²) < 4.78 is 0.